The first-order valence-corrected chi connectivity index (χ1v) is 39.0. The van der Waals surface area contributed by atoms with Crippen LogP contribution in [0.25, 0.3) is 33.4 Å². The van der Waals surface area contributed by atoms with Crippen LogP contribution in [0.2, 0.25) is 0 Å². The monoisotopic (exact) mass is 1480 g/mol. The summed E-state index contributed by atoms with van der Waals surface area (Å²) in [6.07, 6.45) is 0.535. The molecule has 1 fully saturated rings. The highest BCUT2D eigenvalue weighted by atomic mass is 33.1. The van der Waals surface area contributed by atoms with Crippen LogP contribution in [0, 0.1) is 17.3 Å². The number of benzene rings is 4. The lowest BCUT2D eigenvalue weighted by Gasteiger charge is -2.22. The van der Waals surface area contributed by atoms with Gasteiger partial charge < -0.3 is 74.9 Å². The number of rotatable bonds is 33. The van der Waals surface area contributed by atoms with Gasteiger partial charge in [0.15, 0.2) is 21.1 Å². The number of nitrogens with two attached hydrogens (primary N) is 2. The van der Waals surface area contributed by atoms with E-state index in [-0.39, 0.29) is 139 Å². The Hall–Kier alpha value is -6.76. The Morgan fingerprint density at radius 2 is 1.66 bits per heavy atom. The van der Waals surface area contributed by atoms with Crippen LogP contribution in [-0.2, 0) is 58.1 Å². The third-order valence-corrected chi connectivity index (χ3v) is 21.6. The van der Waals surface area contributed by atoms with Crippen LogP contribution in [0.5, 0.6) is 5.75 Å². The minimum Gasteiger partial charge on any atom is -0.490 e. The molecule has 0 bridgehead atoms. The van der Waals surface area contributed by atoms with Crippen molar-refractivity contribution in [2.75, 3.05) is 90.3 Å². The molecule has 0 saturated carbocycles. The van der Waals surface area contributed by atoms with Gasteiger partial charge in [-0.1, -0.05) is 100 Å². The summed E-state index contributed by atoms with van der Waals surface area (Å²) < 4.78 is 124. The van der Waals surface area contributed by atoms with Gasteiger partial charge in [-0.3, -0.25) is 42.8 Å². The molecule has 526 valence electrons. The SMILES string of the molecule is CSS[C@H](C)OC1C[C@H](n2cc(C#CCNC(=O)COCCOC(COc3cccc(C(=O)NCCNC(=O)CCCN(C)C(=O)c4ccccc4-c4c5ccc(=N)c(S(=O)(=O)O)c-5oc5c(S(=O)(=O)O)c(N)ccc45)c3)SSC(C)(C)C)c(N)nc2=O)O[C@@H]1COCP(=O)(O)O. The summed E-state index contributed by atoms with van der Waals surface area (Å²) in [5, 5.41) is 15.7. The average Bonchev–Trinajstić information content (AvgIpc) is 1.04. The Kier molecular flexibility index (Phi) is 27.9. The highest BCUT2D eigenvalue weighted by Crippen LogP contribution is 2.46. The molecule has 1 aliphatic carbocycles. The zero-order valence-electron chi connectivity index (χ0n) is 53.2. The van der Waals surface area contributed by atoms with Crippen LogP contribution in [0.3, 0.4) is 0 Å². The van der Waals surface area contributed by atoms with E-state index in [0.29, 0.717) is 5.75 Å². The van der Waals surface area contributed by atoms with Gasteiger partial charge in [-0.15, -0.1) is 0 Å². The first-order valence-electron chi connectivity index (χ1n) is 29.5. The van der Waals surface area contributed by atoms with Gasteiger partial charge in [-0.25, -0.2) is 4.79 Å². The molecule has 97 heavy (non-hydrogen) atoms. The molecule has 4 aromatic rings. The fourth-order valence-corrected chi connectivity index (χ4v) is 15.0. The van der Waals surface area contributed by atoms with E-state index in [1.807, 2.05) is 34.0 Å². The van der Waals surface area contributed by atoms with E-state index >= 15 is 0 Å². The highest BCUT2D eigenvalue weighted by Gasteiger charge is 2.40. The number of aromatic nitrogens is 2. The van der Waals surface area contributed by atoms with Crippen LogP contribution in [0.1, 0.15) is 79.5 Å². The largest absolute Gasteiger partial charge is 0.490 e. The summed E-state index contributed by atoms with van der Waals surface area (Å²) in [7, 11) is -7.33. The summed E-state index contributed by atoms with van der Waals surface area (Å²) >= 11 is 0. The van der Waals surface area contributed by atoms with Crippen molar-refractivity contribution < 1.29 is 92.3 Å². The number of carbonyl (C=O) groups excluding carboxylic acids is 4. The fraction of sp³-hybridized carbons (Fsp3) is 0.417. The second kappa shape index (κ2) is 34.8. The Morgan fingerprint density at radius 1 is 0.928 bits per heavy atom. The summed E-state index contributed by atoms with van der Waals surface area (Å²) in [5.74, 6) is 3.34. The van der Waals surface area contributed by atoms with Gasteiger partial charge in [0.1, 0.15) is 54.3 Å². The first kappa shape index (κ1) is 77.6. The molecule has 30 nitrogen and oxygen atoms in total. The predicted octanol–water partition coefficient (Wildman–Crippen LogP) is 5.56. The van der Waals surface area contributed by atoms with E-state index in [1.165, 1.54) is 85.4 Å². The number of amides is 4. The molecule has 12 N–H and O–H groups in total. The lowest BCUT2D eigenvalue weighted by Crippen LogP contribution is -2.35. The molecule has 1 saturated heterocycles. The number of nitrogens with one attached hydrogen (secondary N) is 4. The van der Waals surface area contributed by atoms with E-state index in [9.17, 15) is 64.3 Å². The van der Waals surface area contributed by atoms with Crippen molar-refractivity contribution in [3.8, 4) is 40.0 Å². The molecule has 3 heterocycles. The Labute approximate surface area is 574 Å². The number of nitrogen functional groups attached to an aromatic ring is 2. The van der Waals surface area contributed by atoms with Gasteiger partial charge >= 0.3 is 13.3 Å². The second-order valence-corrected chi connectivity index (χ2v) is 32.7. The molecule has 0 spiro atoms. The number of anilines is 2. The average molecular weight is 1480 g/mol. The molecule has 3 aromatic carbocycles. The van der Waals surface area contributed by atoms with Gasteiger partial charge in [0, 0.05) is 78.1 Å². The van der Waals surface area contributed by atoms with E-state index in [4.69, 9.17) is 49.7 Å². The quantitative estimate of drug-likeness (QED) is 0.00352. The maximum absolute atomic E-state index is 14.2. The number of hydrogen-bond donors (Lipinski definition) is 10. The van der Waals surface area contributed by atoms with Crippen LogP contribution >= 0.6 is 50.8 Å². The molecular formula is C60H74N9O21PS6. The summed E-state index contributed by atoms with van der Waals surface area (Å²) in [4.78, 5) is 87.8. The van der Waals surface area contributed by atoms with Crippen molar-refractivity contribution in [2.45, 2.75) is 90.8 Å². The Balaban J connectivity index is 0.841. The first-order chi connectivity index (χ1) is 45.7. The molecule has 1 aromatic heterocycles. The van der Waals surface area contributed by atoms with E-state index in [0.717, 1.165) is 6.07 Å². The smallest absolute Gasteiger partial charge is 0.351 e. The number of ether oxygens (including phenoxy) is 6. The zero-order chi connectivity index (χ0) is 71.0. The lowest BCUT2D eigenvalue weighted by molar-refractivity contribution is -0.126. The number of nitrogens with zero attached hydrogens (tertiary/aromatic N) is 3. The standard InChI is InChI=1S/C60H74N9O21PS6/c1-35(93-92-6)88-45-29-49(89-46(45)31-85-34-91(75,76)77)69-30-37(56(63)67-59(69)74)13-10-22-64-48(71)32-84-26-27-86-50(94-95-60(2,3)4)33-87-38-14-9-12-36(28-38)57(72)66-24-23-65-47(70)17-11-25-68(5)58(73)40-16-8-7-15-39(40)51-41-18-20-43(61)54(96(78,79)80)52(41)90-53-42(51)19-21-44(62)55(53)97(81,82)83/h7-9,12,14-16,18-21,28,30,35,45-46,49-50,61H,11,17,22-27,29,31-34,62H2,1-6H3,(H,64,71)(H,65,70)(H,66,72)(H2,63,67,74)(H2,75,76,77)(H,78,79,80)(H,81,82,83)/t35-,45?,46-,49-,50?/m1/s1. The molecule has 5 atom stereocenters. The van der Waals surface area contributed by atoms with Crippen LogP contribution in [0.15, 0.2) is 98.0 Å². The van der Waals surface area contributed by atoms with Crippen LogP contribution in [0.4, 0.5) is 11.5 Å². The molecule has 3 aliphatic rings. The molecule has 4 amide bonds. The predicted molar refractivity (Wildman–Crippen MR) is 367 cm³/mol. The van der Waals surface area contributed by atoms with E-state index < -0.39 is 114 Å². The minimum absolute atomic E-state index is 0.0137. The van der Waals surface area contributed by atoms with Crippen molar-refractivity contribution in [1.82, 2.24) is 30.4 Å². The second-order valence-electron chi connectivity index (χ2n) is 22.4. The van der Waals surface area contributed by atoms with Crippen molar-refractivity contribution in [1.29, 1.82) is 5.41 Å². The summed E-state index contributed by atoms with van der Waals surface area (Å²) in [6.45, 7) is 7.75. The van der Waals surface area contributed by atoms with Gasteiger partial charge in [0.05, 0.1) is 49.1 Å². The molecule has 7 rings (SSSR count). The maximum Gasteiger partial charge on any atom is 0.351 e. The third kappa shape index (κ3) is 22.6. The van der Waals surface area contributed by atoms with Gasteiger partial charge in [0.25, 0.3) is 32.1 Å². The number of fused-ring (bicyclic) bond motifs is 2. The summed E-state index contributed by atoms with van der Waals surface area (Å²) in [6, 6.07) is 17.5. The van der Waals surface area contributed by atoms with E-state index in [2.05, 4.69) is 32.8 Å². The normalized spacial score (nSPS) is 15.7. The van der Waals surface area contributed by atoms with Crippen molar-refractivity contribution in [3.05, 3.63) is 112 Å². The molecule has 2 unspecified atom stereocenters. The molecular weight excluding hydrogens is 1410 g/mol. The van der Waals surface area contributed by atoms with Gasteiger partial charge in [-0.2, -0.15) is 21.8 Å². The Morgan fingerprint density at radius 3 is 2.37 bits per heavy atom. The lowest BCUT2D eigenvalue weighted by atomic mass is 9.90. The fourth-order valence-electron chi connectivity index (χ4n) is 9.61. The molecule has 37 heteroatoms. The minimum atomic E-state index is -5.18. The van der Waals surface area contributed by atoms with Gasteiger partial charge in [-0.05, 0) is 73.7 Å². The highest BCUT2D eigenvalue weighted by molar-refractivity contribution is 8.77. The van der Waals surface area contributed by atoms with E-state index in [1.54, 1.807) is 47.2 Å². The third-order valence-electron chi connectivity index (χ3n) is 13.8. The van der Waals surface area contributed by atoms with Crippen molar-refractivity contribution in [3.63, 3.8) is 0 Å². The van der Waals surface area contributed by atoms with Crippen LogP contribution < -0.4 is 43.2 Å². The number of carbonyl (C=O) groups is 4. The maximum atomic E-state index is 14.2. The number of hydrogen-bond acceptors (Lipinski definition) is 25. The molecule has 2 aliphatic heterocycles. The van der Waals surface area contributed by atoms with Crippen molar-refractivity contribution in [2.24, 2.45) is 0 Å². The van der Waals surface area contributed by atoms with Crippen molar-refractivity contribution >= 4 is 117 Å². The Bertz CT molecular complexity index is 4280. The topological polar surface area (TPSA) is 453 Å². The van der Waals surface area contributed by atoms with Gasteiger partial charge in [0.2, 0.25) is 11.8 Å². The summed E-state index contributed by atoms with van der Waals surface area (Å²) in [5.41, 5.74) is 10.1. The zero-order valence-corrected chi connectivity index (χ0v) is 59.0. The molecule has 0 radical (unpaired) electrons. The van der Waals surface area contributed by atoms with Crippen LogP contribution in [-0.4, -0.2) is 180 Å².